The van der Waals surface area contributed by atoms with E-state index < -0.39 is 34.1 Å². The van der Waals surface area contributed by atoms with Gasteiger partial charge in [-0.3, -0.25) is 13.9 Å². The average molecular weight is 494 g/mol. The van der Waals surface area contributed by atoms with E-state index in [4.69, 9.17) is 11.6 Å². The molecule has 1 N–H and O–H groups in total. The second-order valence-corrected chi connectivity index (χ2v) is 11.3. The van der Waals surface area contributed by atoms with Crippen molar-refractivity contribution in [2.45, 2.75) is 45.7 Å². The van der Waals surface area contributed by atoms with Gasteiger partial charge in [0.05, 0.1) is 11.9 Å². The van der Waals surface area contributed by atoms with Crippen LogP contribution in [-0.2, 0) is 26.0 Å². The summed E-state index contributed by atoms with van der Waals surface area (Å²) in [5.41, 5.74) is 0.820. The van der Waals surface area contributed by atoms with Crippen LogP contribution in [-0.4, -0.2) is 56.1 Å². The van der Waals surface area contributed by atoms with Crippen LogP contribution < -0.4 is 9.62 Å². The number of carbonyl (C=O) groups excluding carboxylic acids is 2. The van der Waals surface area contributed by atoms with Gasteiger partial charge in [0.25, 0.3) is 0 Å². The highest BCUT2D eigenvalue weighted by Crippen LogP contribution is 2.22. The molecular weight excluding hydrogens is 462 g/mol. The van der Waals surface area contributed by atoms with Crippen molar-refractivity contribution in [2.75, 3.05) is 23.7 Å². The van der Waals surface area contributed by atoms with Crippen molar-refractivity contribution in [1.29, 1.82) is 0 Å². The van der Waals surface area contributed by atoms with Gasteiger partial charge in [-0.2, -0.15) is 0 Å². The highest BCUT2D eigenvalue weighted by molar-refractivity contribution is 7.92. The molecule has 2 aromatic rings. The molecule has 0 aliphatic carbocycles. The molecule has 0 saturated carbocycles. The summed E-state index contributed by atoms with van der Waals surface area (Å²) in [4.78, 5) is 27.7. The second-order valence-electron chi connectivity index (χ2n) is 8.99. The maximum atomic E-state index is 13.4. The fraction of sp³-hybridized carbons (Fsp3) is 0.417. The van der Waals surface area contributed by atoms with Crippen LogP contribution >= 0.6 is 11.6 Å². The molecule has 0 spiro atoms. The van der Waals surface area contributed by atoms with Crippen LogP contribution in [0.1, 0.15) is 33.3 Å². The SMILES string of the molecule is C[C@H](C(=O)NC(C)(C)C)N(CCc1ccccc1)C(=O)CN(c1cccc(Cl)c1)S(C)(=O)=O. The van der Waals surface area contributed by atoms with Crippen LogP contribution in [0.15, 0.2) is 54.6 Å². The van der Waals surface area contributed by atoms with Crippen LogP contribution in [0.25, 0.3) is 0 Å². The number of benzene rings is 2. The summed E-state index contributed by atoms with van der Waals surface area (Å²) in [6, 6.07) is 15.1. The molecule has 2 amide bonds. The number of carbonyl (C=O) groups is 2. The summed E-state index contributed by atoms with van der Waals surface area (Å²) < 4.78 is 26.0. The fourth-order valence-corrected chi connectivity index (χ4v) is 4.32. The van der Waals surface area contributed by atoms with Crippen LogP contribution in [0.5, 0.6) is 0 Å². The fourth-order valence-electron chi connectivity index (χ4n) is 3.29. The predicted molar refractivity (Wildman–Crippen MR) is 133 cm³/mol. The molecule has 33 heavy (non-hydrogen) atoms. The number of sulfonamides is 1. The van der Waals surface area contributed by atoms with E-state index in [0.29, 0.717) is 11.4 Å². The summed E-state index contributed by atoms with van der Waals surface area (Å²) in [7, 11) is -3.78. The minimum atomic E-state index is -3.78. The smallest absolute Gasteiger partial charge is 0.244 e. The second kappa shape index (κ2) is 11.0. The van der Waals surface area contributed by atoms with E-state index in [0.717, 1.165) is 16.1 Å². The van der Waals surface area contributed by atoms with Gasteiger partial charge in [0, 0.05) is 17.1 Å². The first-order valence-corrected chi connectivity index (χ1v) is 12.9. The zero-order chi connectivity index (χ0) is 24.8. The summed E-state index contributed by atoms with van der Waals surface area (Å²) in [6.07, 6.45) is 1.56. The van der Waals surface area contributed by atoms with E-state index in [-0.39, 0.29) is 18.1 Å². The number of hydrogen-bond acceptors (Lipinski definition) is 4. The van der Waals surface area contributed by atoms with Crippen molar-refractivity contribution in [1.82, 2.24) is 10.2 Å². The maximum Gasteiger partial charge on any atom is 0.244 e. The van der Waals surface area contributed by atoms with E-state index >= 15 is 0 Å². The lowest BCUT2D eigenvalue weighted by atomic mass is 10.1. The number of halogens is 1. The van der Waals surface area contributed by atoms with Crippen LogP contribution in [0.4, 0.5) is 5.69 Å². The van der Waals surface area contributed by atoms with Crippen molar-refractivity contribution in [3.05, 3.63) is 65.2 Å². The maximum absolute atomic E-state index is 13.4. The molecule has 1 atom stereocenters. The Kier molecular flexibility index (Phi) is 8.91. The van der Waals surface area contributed by atoms with Crippen molar-refractivity contribution >= 4 is 39.1 Å². The Morgan fingerprint density at radius 3 is 2.24 bits per heavy atom. The van der Waals surface area contributed by atoms with E-state index in [1.54, 1.807) is 25.1 Å². The summed E-state index contributed by atoms with van der Waals surface area (Å²) in [6.45, 7) is 7.04. The van der Waals surface area contributed by atoms with E-state index in [1.165, 1.54) is 11.0 Å². The van der Waals surface area contributed by atoms with Crippen molar-refractivity contribution in [2.24, 2.45) is 0 Å². The molecule has 0 bridgehead atoms. The van der Waals surface area contributed by atoms with Gasteiger partial charge in [-0.05, 0) is 57.9 Å². The topological polar surface area (TPSA) is 86.8 Å². The molecule has 0 aliphatic heterocycles. The zero-order valence-corrected chi connectivity index (χ0v) is 21.3. The van der Waals surface area contributed by atoms with E-state index in [1.807, 2.05) is 51.1 Å². The van der Waals surface area contributed by atoms with Gasteiger partial charge in [0.15, 0.2) is 0 Å². The third kappa shape index (κ3) is 8.37. The van der Waals surface area contributed by atoms with Crippen molar-refractivity contribution in [3.63, 3.8) is 0 Å². The number of rotatable bonds is 9. The largest absolute Gasteiger partial charge is 0.350 e. The first kappa shape index (κ1) is 26.7. The predicted octanol–water partition coefficient (Wildman–Crippen LogP) is 3.48. The van der Waals surface area contributed by atoms with Crippen LogP contribution in [0, 0.1) is 0 Å². The van der Waals surface area contributed by atoms with E-state index in [2.05, 4.69) is 5.32 Å². The zero-order valence-electron chi connectivity index (χ0n) is 19.7. The first-order valence-electron chi connectivity index (χ1n) is 10.7. The first-order chi connectivity index (χ1) is 15.3. The lowest BCUT2D eigenvalue weighted by Gasteiger charge is -2.33. The summed E-state index contributed by atoms with van der Waals surface area (Å²) >= 11 is 6.04. The molecule has 0 fully saturated rings. The average Bonchev–Trinajstić information content (AvgIpc) is 2.70. The van der Waals surface area contributed by atoms with Gasteiger partial charge in [-0.1, -0.05) is 48.0 Å². The standard InChI is InChI=1S/C24H32ClN3O4S/c1-18(23(30)26-24(2,3)4)27(15-14-19-10-7-6-8-11-19)22(29)17-28(33(5,31)32)21-13-9-12-20(25)16-21/h6-13,16,18H,14-15,17H2,1-5H3,(H,26,30)/t18-/m1/s1. The van der Waals surface area contributed by atoms with Gasteiger partial charge < -0.3 is 10.2 Å². The lowest BCUT2D eigenvalue weighted by Crippen LogP contribution is -2.55. The van der Waals surface area contributed by atoms with Gasteiger partial charge >= 0.3 is 0 Å². The normalized spacial score (nSPS) is 12.7. The Labute approximate surface area is 201 Å². The monoisotopic (exact) mass is 493 g/mol. The van der Waals surface area contributed by atoms with Gasteiger partial charge in [-0.15, -0.1) is 0 Å². The highest BCUT2D eigenvalue weighted by Gasteiger charge is 2.31. The molecule has 7 nitrogen and oxygen atoms in total. The molecule has 0 aliphatic rings. The van der Waals surface area contributed by atoms with Gasteiger partial charge in [0.2, 0.25) is 21.8 Å². The molecule has 180 valence electrons. The lowest BCUT2D eigenvalue weighted by molar-refractivity contribution is -0.139. The highest BCUT2D eigenvalue weighted by atomic mass is 35.5. The Balaban J connectivity index is 2.32. The molecule has 0 aromatic heterocycles. The minimum absolute atomic E-state index is 0.259. The number of hydrogen-bond donors (Lipinski definition) is 1. The molecule has 2 aromatic carbocycles. The van der Waals surface area contributed by atoms with Gasteiger partial charge in [-0.25, -0.2) is 8.42 Å². The third-order valence-electron chi connectivity index (χ3n) is 4.93. The Morgan fingerprint density at radius 2 is 1.70 bits per heavy atom. The Hall–Kier alpha value is -2.58. The number of amides is 2. The molecule has 0 heterocycles. The van der Waals surface area contributed by atoms with E-state index in [9.17, 15) is 18.0 Å². The third-order valence-corrected chi connectivity index (χ3v) is 6.30. The Morgan fingerprint density at radius 1 is 1.06 bits per heavy atom. The Bertz CT molecular complexity index is 1070. The van der Waals surface area contributed by atoms with Crippen molar-refractivity contribution < 1.29 is 18.0 Å². The van der Waals surface area contributed by atoms with Crippen molar-refractivity contribution in [3.8, 4) is 0 Å². The number of nitrogens with one attached hydrogen (secondary N) is 1. The van der Waals surface area contributed by atoms with Crippen LogP contribution in [0.2, 0.25) is 5.02 Å². The molecule has 9 heteroatoms. The summed E-state index contributed by atoms with van der Waals surface area (Å²) in [5.74, 6) is -0.787. The van der Waals surface area contributed by atoms with Gasteiger partial charge in [0.1, 0.15) is 12.6 Å². The quantitative estimate of drug-likeness (QED) is 0.579. The van der Waals surface area contributed by atoms with Crippen LogP contribution in [0.3, 0.4) is 0 Å². The molecular formula is C24H32ClN3O4S. The number of anilines is 1. The molecule has 0 radical (unpaired) electrons. The minimum Gasteiger partial charge on any atom is -0.350 e. The molecule has 2 rings (SSSR count). The molecule has 0 saturated heterocycles. The summed E-state index contributed by atoms with van der Waals surface area (Å²) in [5, 5.41) is 3.25. The number of nitrogens with zero attached hydrogens (tertiary/aromatic N) is 2. The molecule has 0 unspecified atom stereocenters.